The summed E-state index contributed by atoms with van der Waals surface area (Å²) in [5, 5.41) is 0. The Labute approximate surface area is 139 Å². The summed E-state index contributed by atoms with van der Waals surface area (Å²) in [5.74, 6) is 0.0242. The number of aromatic amines is 1. The fourth-order valence-electron chi connectivity index (χ4n) is 3.78. The van der Waals surface area contributed by atoms with Crippen LogP contribution >= 0.6 is 0 Å². The molecule has 2 atom stereocenters. The first-order chi connectivity index (χ1) is 11.4. The van der Waals surface area contributed by atoms with Crippen LogP contribution in [0.1, 0.15) is 10.4 Å². The van der Waals surface area contributed by atoms with Crippen molar-refractivity contribution in [3.05, 3.63) is 48.0 Å². The minimum absolute atomic E-state index is 0.0483. The van der Waals surface area contributed by atoms with Gasteiger partial charge in [-0.2, -0.15) is 0 Å². The van der Waals surface area contributed by atoms with E-state index in [0.717, 1.165) is 11.1 Å². The van der Waals surface area contributed by atoms with Gasteiger partial charge in [-0.05, 0) is 29.5 Å². The molecule has 126 valence electrons. The van der Waals surface area contributed by atoms with Gasteiger partial charge in [-0.1, -0.05) is 12.1 Å². The summed E-state index contributed by atoms with van der Waals surface area (Å²) in [7, 11) is -2.94. The van der Waals surface area contributed by atoms with Gasteiger partial charge in [0.2, 0.25) is 0 Å². The summed E-state index contributed by atoms with van der Waals surface area (Å²) < 4.78 is 36.4. The predicted molar refractivity (Wildman–Crippen MR) is 87.7 cm³/mol. The van der Waals surface area contributed by atoms with Gasteiger partial charge in [-0.3, -0.25) is 4.79 Å². The summed E-state index contributed by atoms with van der Waals surface area (Å²) in [4.78, 5) is 17.5. The van der Waals surface area contributed by atoms with Crippen molar-refractivity contribution in [3.63, 3.8) is 0 Å². The normalized spacial score (nSPS) is 25.0. The maximum Gasteiger partial charge on any atom is 0.256 e. The molecule has 1 aromatic carbocycles. The average Bonchev–Trinajstić information content (AvgIpc) is 3.19. The van der Waals surface area contributed by atoms with Gasteiger partial charge >= 0.3 is 0 Å². The number of nitrogens with one attached hydrogen (secondary N) is 1. The van der Waals surface area contributed by atoms with Crippen molar-refractivity contribution in [2.75, 3.05) is 24.6 Å². The average molecular weight is 348 g/mol. The Hall–Kier alpha value is -2.15. The van der Waals surface area contributed by atoms with E-state index >= 15 is 0 Å². The number of fused-ring (bicyclic) bond motifs is 1. The number of likely N-dealkylation sites (tertiary alicyclic amines) is 1. The van der Waals surface area contributed by atoms with Crippen LogP contribution in [0.3, 0.4) is 0 Å². The van der Waals surface area contributed by atoms with Gasteiger partial charge < -0.3 is 9.88 Å². The lowest BCUT2D eigenvalue weighted by atomic mass is 10.0. The zero-order valence-electron chi connectivity index (χ0n) is 12.9. The van der Waals surface area contributed by atoms with E-state index in [9.17, 15) is 17.6 Å². The first-order valence-electron chi connectivity index (χ1n) is 7.85. The van der Waals surface area contributed by atoms with Crippen molar-refractivity contribution >= 4 is 15.7 Å². The van der Waals surface area contributed by atoms with Crippen molar-refractivity contribution in [1.29, 1.82) is 0 Å². The Bertz CT molecular complexity index is 869. The van der Waals surface area contributed by atoms with E-state index in [1.165, 1.54) is 12.1 Å². The van der Waals surface area contributed by atoms with Crippen LogP contribution in [-0.2, 0) is 9.84 Å². The van der Waals surface area contributed by atoms with Crippen LogP contribution in [0.4, 0.5) is 4.39 Å². The number of hydrogen-bond acceptors (Lipinski definition) is 3. The molecule has 0 unspecified atom stereocenters. The molecule has 1 aromatic heterocycles. The number of amides is 1. The molecule has 2 aromatic rings. The van der Waals surface area contributed by atoms with Crippen LogP contribution in [-0.4, -0.2) is 48.8 Å². The molecule has 4 rings (SSSR count). The van der Waals surface area contributed by atoms with Gasteiger partial charge in [0.15, 0.2) is 9.84 Å². The summed E-state index contributed by atoms with van der Waals surface area (Å²) >= 11 is 0. The van der Waals surface area contributed by atoms with E-state index in [-0.39, 0.29) is 35.1 Å². The van der Waals surface area contributed by atoms with Gasteiger partial charge in [-0.15, -0.1) is 0 Å². The minimum Gasteiger partial charge on any atom is -0.366 e. The Morgan fingerprint density at radius 1 is 1.08 bits per heavy atom. The summed E-state index contributed by atoms with van der Waals surface area (Å²) in [5.41, 5.74) is 2.03. The lowest BCUT2D eigenvalue weighted by molar-refractivity contribution is 0.0785. The third-order valence-corrected chi connectivity index (χ3v) is 6.80. The first-order valence-corrected chi connectivity index (χ1v) is 9.67. The maximum absolute atomic E-state index is 13.1. The van der Waals surface area contributed by atoms with Gasteiger partial charge in [0.05, 0.1) is 17.1 Å². The Balaban J connectivity index is 1.57. The monoisotopic (exact) mass is 348 g/mol. The van der Waals surface area contributed by atoms with Gasteiger partial charge in [0.25, 0.3) is 5.91 Å². The Kier molecular flexibility index (Phi) is 3.49. The fourth-order valence-corrected chi connectivity index (χ4v) is 5.98. The third kappa shape index (κ3) is 2.62. The van der Waals surface area contributed by atoms with Crippen LogP contribution in [0.5, 0.6) is 0 Å². The molecule has 0 saturated carbocycles. The molecule has 2 fully saturated rings. The molecule has 5 nitrogen and oxygen atoms in total. The number of carbonyl (C=O) groups excluding carboxylic acids is 1. The molecule has 3 heterocycles. The van der Waals surface area contributed by atoms with E-state index in [0.29, 0.717) is 18.7 Å². The summed E-state index contributed by atoms with van der Waals surface area (Å²) in [6, 6.07) is 6.00. The van der Waals surface area contributed by atoms with E-state index in [2.05, 4.69) is 4.98 Å². The molecule has 0 aliphatic carbocycles. The van der Waals surface area contributed by atoms with Crippen LogP contribution in [0.25, 0.3) is 11.1 Å². The quantitative estimate of drug-likeness (QED) is 0.902. The van der Waals surface area contributed by atoms with E-state index < -0.39 is 9.84 Å². The first kappa shape index (κ1) is 15.4. The van der Waals surface area contributed by atoms with Crippen LogP contribution in [0.15, 0.2) is 36.7 Å². The van der Waals surface area contributed by atoms with Crippen LogP contribution in [0, 0.1) is 17.7 Å². The van der Waals surface area contributed by atoms with Crippen molar-refractivity contribution in [2.24, 2.45) is 11.8 Å². The number of sulfone groups is 1. The third-order valence-electron chi connectivity index (χ3n) is 4.93. The number of halogens is 1. The van der Waals surface area contributed by atoms with Gasteiger partial charge in [0.1, 0.15) is 5.82 Å². The Morgan fingerprint density at radius 2 is 1.71 bits per heavy atom. The van der Waals surface area contributed by atoms with Crippen molar-refractivity contribution in [3.8, 4) is 11.1 Å². The second-order valence-corrected chi connectivity index (χ2v) is 8.75. The summed E-state index contributed by atoms with van der Waals surface area (Å²) in [6.45, 7) is 0.966. The lowest BCUT2D eigenvalue weighted by Crippen LogP contribution is -2.31. The van der Waals surface area contributed by atoms with Gasteiger partial charge in [-0.25, -0.2) is 12.8 Å². The largest absolute Gasteiger partial charge is 0.366 e. The molecule has 0 spiro atoms. The van der Waals surface area contributed by atoms with E-state index in [1.54, 1.807) is 29.4 Å². The molecule has 1 amide bonds. The lowest BCUT2D eigenvalue weighted by Gasteiger charge is -2.17. The topological polar surface area (TPSA) is 70.2 Å². The molecule has 2 aliphatic heterocycles. The SMILES string of the molecule is O=C(c1c[nH]cc1-c1ccc(F)cc1)N1C[C@@H]2CS(=O)(=O)C[C@@H]2C1. The highest BCUT2D eigenvalue weighted by Gasteiger charge is 2.45. The second-order valence-electron chi connectivity index (χ2n) is 6.60. The number of aromatic nitrogens is 1. The molecule has 2 saturated heterocycles. The molecule has 1 N–H and O–H groups in total. The van der Waals surface area contributed by atoms with Crippen molar-refractivity contribution in [1.82, 2.24) is 9.88 Å². The highest BCUT2D eigenvalue weighted by atomic mass is 32.2. The van der Waals surface area contributed by atoms with Gasteiger partial charge in [0, 0.05) is 31.0 Å². The fraction of sp³-hybridized carbons (Fsp3) is 0.353. The molecule has 24 heavy (non-hydrogen) atoms. The van der Waals surface area contributed by atoms with Crippen LogP contribution < -0.4 is 0 Å². The van der Waals surface area contributed by atoms with Crippen molar-refractivity contribution < 1.29 is 17.6 Å². The number of H-pyrrole nitrogens is 1. The molecule has 7 heteroatoms. The minimum atomic E-state index is -2.94. The molecular weight excluding hydrogens is 331 g/mol. The number of nitrogens with zero attached hydrogens (tertiary/aromatic N) is 1. The van der Waals surface area contributed by atoms with E-state index in [1.807, 2.05) is 0 Å². The standard InChI is InChI=1S/C17H17FN2O3S/c18-14-3-1-11(2-4-14)15-5-19-6-16(15)17(21)20-7-12-9-24(22,23)10-13(12)8-20/h1-6,12-13,19H,7-10H2/t12-,13+. The number of rotatable bonds is 2. The van der Waals surface area contributed by atoms with Crippen LogP contribution in [0.2, 0.25) is 0 Å². The zero-order valence-corrected chi connectivity index (χ0v) is 13.7. The van der Waals surface area contributed by atoms with E-state index in [4.69, 9.17) is 0 Å². The highest BCUT2D eigenvalue weighted by Crippen LogP contribution is 2.34. The highest BCUT2D eigenvalue weighted by molar-refractivity contribution is 7.91. The second kappa shape index (κ2) is 5.44. The summed E-state index contributed by atoms with van der Waals surface area (Å²) in [6.07, 6.45) is 3.37. The number of hydrogen-bond donors (Lipinski definition) is 1. The van der Waals surface area contributed by atoms with Crippen molar-refractivity contribution in [2.45, 2.75) is 0 Å². The predicted octanol–water partition coefficient (Wildman–Crippen LogP) is 1.94. The number of benzene rings is 1. The molecule has 0 bridgehead atoms. The Morgan fingerprint density at radius 3 is 2.33 bits per heavy atom. The maximum atomic E-state index is 13.1. The number of carbonyl (C=O) groups is 1. The molecular formula is C17H17FN2O3S. The molecule has 0 radical (unpaired) electrons. The molecule has 2 aliphatic rings. The zero-order chi connectivity index (χ0) is 16.9. The smallest absolute Gasteiger partial charge is 0.256 e.